The molecular formula is C12H20N4O2S. The van der Waals surface area contributed by atoms with Gasteiger partial charge in [-0.15, -0.1) is 11.3 Å². The van der Waals surface area contributed by atoms with Gasteiger partial charge in [0.1, 0.15) is 5.84 Å². The van der Waals surface area contributed by atoms with Crippen molar-refractivity contribution in [3.63, 3.8) is 0 Å². The van der Waals surface area contributed by atoms with E-state index in [1.54, 1.807) is 0 Å². The van der Waals surface area contributed by atoms with Gasteiger partial charge >= 0.3 is 0 Å². The maximum absolute atomic E-state index is 11.7. The molecule has 6 nitrogen and oxygen atoms in total. The van der Waals surface area contributed by atoms with Crippen LogP contribution in [0.2, 0.25) is 0 Å². The summed E-state index contributed by atoms with van der Waals surface area (Å²) < 4.78 is 0. The molecular weight excluding hydrogens is 264 g/mol. The van der Waals surface area contributed by atoms with Crippen molar-refractivity contribution < 1.29 is 9.90 Å². The molecule has 106 valence electrons. The molecule has 2 heterocycles. The summed E-state index contributed by atoms with van der Waals surface area (Å²) in [6.45, 7) is 1.43. The van der Waals surface area contributed by atoms with Crippen LogP contribution >= 0.6 is 11.3 Å². The normalized spacial score (nSPS) is 17.5. The molecule has 19 heavy (non-hydrogen) atoms. The molecule has 1 aromatic heterocycles. The summed E-state index contributed by atoms with van der Waals surface area (Å²) in [6.07, 6.45) is 1.97. The molecule has 0 bridgehead atoms. The first kappa shape index (κ1) is 15.6. The Labute approximate surface area is 116 Å². The number of aliphatic hydroxyl groups is 1. The standard InChI is InChI=1S/C11H16N4OS.CH4O/c12-10(13)7-4-8(17-6-7)5-15-11(16)9-2-1-3-14-9;1-2/h4,6,9,14H,1-3,5H2,(H3,12,13)(H,15,16);2H,1H3. The highest BCUT2D eigenvalue weighted by Gasteiger charge is 2.21. The fraction of sp³-hybridized carbons (Fsp3) is 0.500. The van der Waals surface area contributed by atoms with E-state index in [0.29, 0.717) is 6.54 Å². The minimum atomic E-state index is -0.0396. The minimum Gasteiger partial charge on any atom is -0.400 e. The Kier molecular flexibility index (Phi) is 6.48. The van der Waals surface area contributed by atoms with Crippen LogP contribution in [-0.4, -0.2) is 36.5 Å². The van der Waals surface area contributed by atoms with E-state index in [9.17, 15) is 4.79 Å². The number of thiophene rings is 1. The van der Waals surface area contributed by atoms with E-state index in [2.05, 4.69) is 10.6 Å². The largest absolute Gasteiger partial charge is 0.400 e. The van der Waals surface area contributed by atoms with E-state index in [1.807, 2.05) is 11.4 Å². The number of nitrogen functional groups attached to an aromatic ring is 1. The quantitative estimate of drug-likeness (QED) is 0.396. The summed E-state index contributed by atoms with van der Waals surface area (Å²) in [5.41, 5.74) is 6.10. The zero-order valence-corrected chi connectivity index (χ0v) is 11.7. The van der Waals surface area contributed by atoms with Crippen molar-refractivity contribution in [3.8, 4) is 0 Å². The van der Waals surface area contributed by atoms with Crippen LogP contribution in [0.5, 0.6) is 0 Å². The summed E-state index contributed by atoms with van der Waals surface area (Å²) in [7, 11) is 1.00. The predicted molar refractivity (Wildman–Crippen MR) is 76.3 cm³/mol. The zero-order valence-electron chi connectivity index (χ0n) is 10.9. The van der Waals surface area contributed by atoms with Crippen LogP contribution in [0.25, 0.3) is 0 Å². The first-order valence-electron chi connectivity index (χ1n) is 6.04. The third-order valence-corrected chi connectivity index (χ3v) is 3.72. The van der Waals surface area contributed by atoms with Gasteiger partial charge in [0, 0.05) is 22.9 Å². The van der Waals surface area contributed by atoms with Gasteiger partial charge in [-0.1, -0.05) is 0 Å². The van der Waals surface area contributed by atoms with Crippen LogP contribution in [0, 0.1) is 5.41 Å². The number of hydrogen-bond donors (Lipinski definition) is 5. The van der Waals surface area contributed by atoms with E-state index in [-0.39, 0.29) is 17.8 Å². The Morgan fingerprint density at radius 3 is 2.95 bits per heavy atom. The highest BCUT2D eigenvalue weighted by molar-refractivity contribution is 7.10. The fourth-order valence-corrected chi connectivity index (χ4v) is 2.64. The average molecular weight is 284 g/mol. The molecule has 0 radical (unpaired) electrons. The van der Waals surface area contributed by atoms with Crippen molar-refractivity contribution >= 4 is 23.1 Å². The number of amidine groups is 1. The first-order chi connectivity index (χ1) is 9.16. The summed E-state index contributed by atoms with van der Waals surface area (Å²) in [5.74, 6) is 0.122. The molecule has 7 heteroatoms. The molecule has 1 fully saturated rings. The Morgan fingerprint density at radius 2 is 2.42 bits per heavy atom. The summed E-state index contributed by atoms with van der Waals surface area (Å²) >= 11 is 1.51. The number of carbonyl (C=O) groups is 1. The van der Waals surface area contributed by atoms with Gasteiger partial charge in [-0.2, -0.15) is 0 Å². The highest BCUT2D eigenvalue weighted by atomic mass is 32.1. The molecule has 0 saturated carbocycles. The van der Waals surface area contributed by atoms with Gasteiger partial charge in [-0.05, 0) is 25.5 Å². The van der Waals surface area contributed by atoms with Gasteiger partial charge in [-0.3, -0.25) is 10.2 Å². The van der Waals surface area contributed by atoms with E-state index >= 15 is 0 Å². The SMILES string of the molecule is CO.N=C(N)c1csc(CNC(=O)C2CCCN2)c1. The van der Waals surface area contributed by atoms with Gasteiger partial charge in [0.15, 0.2) is 0 Å². The Hall–Kier alpha value is -1.44. The third kappa shape index (κ3) is 4.62. The van der Waals surface area contributed by atoms with Gasteiger partial charge in [0.05, 0.1) is 12.6 Å². The number of nitrogens with one attached hydrogen (secondary N) is 3. The maximum atomic E-state index is 11.7. The number of rotatable bonds is 4. The smallest absolute Gasteiger partial charge is 0.237 e. The van der Waals surface area contributed by atoms with Crippen molar-refractivity contribution in [2.24, 2.45) is 5.73 Å². The molecule has 1 unspecified atom stereocenters. The van der Waals surface area contributed by atoms with Crippen molar-refractivity contribution in [2.75, 3.05) is 13.7 Å². The van der Waals surface area contributed by atoms with Crippen LogP contribution in [0.3, 0.4) is 0 Å². The van der Waals surface area contributed by atoms with E-state index in [4.69, 9.17) is 16.2 Å². The second-order valence-corrected chi connectivity index (χ2v) is 5.08. The van der Waals surface area contributed by atoms with Crippen LogP contribution < -0.4 is 16.4 Å². The van der Waals surface area contributed by atoms with Crippen molar-refractivity contribution in [1.82, 2.24) is 10.6 Å². The molecule has 1 aromatic rings. The minimum absolute atomic E-state index is 0.0396. The molecule has 1 amide bonds. The van der Waals surface area contributed by atoms with Crippen LogP contribution in [0.4, 0.5) is 0 Å². The molecule has 6 N–H and O–H groups in total. The number of hydrogen-bond acceptors (Lipinski definition) is 5. The van der Waals surface area contributed by atoms with E-state index < -0.39 is 0 Å². The van der Waals surface area contributed by atoms with E-state index in [0.717, 1.165) is 36.9 Å². The summed E-state index contributed by atoms with van der Waals surface area (Å²) in [4.78, 5) is 12.7. The Balaban J connectivity index is 0.000000861. The molecule has 0 aliphatic carbocycles. The van der Waals surface area contributed by atoms with Crippen molar-refractivity contribution in [1.29, 1.82) is 5.41 Å². The monoisotopic (exact) mass is 284 g/mol. The molecule has 2 rings (SSSR count). The van der Waals surface area contributed by atoms with Gasteiger partial charge < -0.3 is 21.5 Å². The number of nitrogens with two attached hydrogens (primary N) is 1. The molecule has 1 aliphatic rings. The van der Waals surface area contributed by atoms with Crippen LogP contribution in [0.15, 0.2) is 11.4 Å². The Morgan fingerprint density at radius 1 is 1.68 bits per heavy atom. The van der Waals surface area contributed by atoms with Crippen LogP contribution in [-0.2, 0) is 11.3 Å². The zero-order chi connectivity index (χ0) is 14.3. The van der Waals surface area contributed by atoms with Gasteiger partial charge in [0.25, 0.3) is 0 Å². The third-order valence-electron chi connectivity index (χ3n) is 2.78. The average Bonchev–Trinajstić information content (AvgIpc) is 3.09. The lowest BCUT2D eigenvalue weighted by Gasteiger charge is -2.09. The lowest BCUT2D eigenvalue weighted by Crippen LogP contribution is -2.39. The Bertz CT molecular complexity index is 427. The maximum Gasteiger partial charge on any atom is 0.237 e. The topological polar surface area (TPSA) is 111 Å². The first-order valence-corrected chi connectivity index (χ1v) is 6.92. The highest BCUT2D eigenvalue weighted by Crippen LogP contribution is 2.14. The molecule has 0 spiro atoms. The van der Waals surface area contributed by atoms with Gasteiger partial charge in [0.2, 0.25) is 5.91 Å². The van der Waals surface area contributed by atoms with Crippen molar-refractivity contribution in [2.45, 2.75) is 25.4 Å². The molecule has 1 atom stereocenters. The van der Waals surface area contributed by atoms with Gasteiger partial charge in [-0.25, -0.2) is 0 Å². The van der Waals surface area contributed by atoms with Crippen LogP contribution in [0.1, 0.15) is 23.3 Å². The summed E-state index contributed by atoms with van der Waals surface area (Å²) in [6, 6.07) is 1.80. The number of aliphatic hydroxyl groups excluding tert-OH is 1. The molecule has 0 aromatic carbocycles. The lowest BCUT2D eigenvalue weighted by molar-refractivity contribution is -0.122. The number of carbonyl (C=O) groups excluding carboxylic acids is 1. The van der Waals surface area contributed by atoms with E-state index in [1.165, 1.54) is 11.3 Å². The molecule has 1 saturated heterocycles. The van der Waals surface area contributed by atoms with Crippen molar-refractivity contribution in [3.05, 3.63) is 21.9 Å². The fourth-order valence-electron chi connectivity index (χ4n) is 1.82. The summed E-state index contributed by atoms with van der Waals surface area (Å²) in [5, 5.41) is 22.2. The number of amides is 1. The second kappa shape index (κ2) is 7.88. The predicted octanol–water partition coefficient (Wildman–Crippen LogP) is 0.00887. The lowest BCUT2D eigenvalue weighted by atomic mass is 10.2. The molecule has 1 aliphatic heterocycles. The second-order valence-electron chi connectivity index (χ2n) is 4.08.